The summed E-state index contributed by atoms with van der Waals surface area (Å²) in [6, 6.07) is 17.9. The average molecular weight is 389 g/mol. The first-order valence-electron chi connectivity index (χ1n) is 10.2. The van der Waals surface area contributed by atoms with E-state index in [4.69, 9.17) is 0 Å². The predicted molar refractivity (Wildman–Crippen MR) is 114 cm³/mol. The van der Waals surface area contributed by atoms with Crippen LogP contribution in [0.1, 0.15) is 16.7 Å². The minimum absolute atomic E-state index is 0.161. The first-order valence-corrected chi connectivity index (χ1v) is 10.2. The average Bonchev–Trinajstić information content (AvgIpc) is 2.98. The van der Waals surface area contributed by atoms with Gasteiger partial charge in [-0.3, -0.25) is 14.5 Å². The van der Waals surface area contributed by atoms with Crippen LogP contribution in [-0.4, -0.2) is 66.3 Å². The highest BCUT2D eigenvalue weighted by molar-refractivity contribution is 6.35. The van der Waals surface area contributed by atoms with Gasteiger partial charge in [-0.15, -0.1) is 0 Å². The highest BCUT2D eigenvalue weighted by Crippen LogP contribution is 2.32. The van der Waals surface area contributed by atoms with E-state index in [1.807, 2.05) is 61.5 Å². The Morgan fingerprint density at radius 3 is 2.14 bits per heavy atom. The monoisotopic (exact) mass is 389 g/mol. The maximum Gasteiger partial charge on any atom is 0.277 e. The zero-order valence-corrected chi connectivity index (χ0v) is 17.1. The Labute approximate surface area is 172 Å². The van der Waals surface area contributed by atoms with Crippen LogP contribution in [0.3, 0.4) is 0 Å². The number of amides is 2. The lowest BCUT2D eigenvalue weighted by Crippen LogP contribution is -2.46. The van der Waals surface area contributed by atoms with Gasteiger partial charge in [0.1, 0.15) is 5.70 Å². The quantitative estimate of drug-likeness (QED) is 0.738. The van der Waals surface area contributed by atoms with Crippen molar-refractivity contribution in [2.75, 3.05) is 39.8 Å². The van der Waals surface area contributed by atoms with Crippen LogP contribution < -0.4 is 0 Å². The molecule has 0 bridgehead atoms. The van der Waals surface area contributed by atoms with Gasteiger partial charge in [0, 0.05) is 32.7 Å². The van der Waals surface area contributed by atoms with Gasteiger partial charge in [0.05, 0.1) is 5.57 Å². The van der Waals surface area contributed by atoms with Crippen LogP contribution in [0.5, 0.6) is 0 Å². The smallest absolute Gasteiger partial charge is 0.277 e. The Hall–Kier alpha value is -2.92. The first kappa shape index (κ1) is 19.4. The SMILES string of the molecule is Cc1ccc(C2=C(N3CCN(C)CC3)C(=O)N(CCc3ccccc3)C2=O)cc1. The van der Waals surface area contributed by atoms with Crippen molar-refractivity contribution >= 4 is 17.4 Å². The first-order chi connectivity index (χ1) is 14.0. The van der Waals surface area contributed by atoms with Gasteiger partial charge in [0.15, 0.2) is 0 Å². The lowest BCUT2D eigenvalue weighted by molar-refractivity contribution is -0.137. The van der Waals surface area contributed by atoms with E-state index in [0.29, 0.717) is 24.2 Å². The van der Waals surface area contributed by atoms with E-state index in [9.17, 15) is 9.59 Å². The number of hydrogen-bond donors (Lipinski definition) is 0. The van der Waals surface area contributed by atoms with E-state index < -0.39 is 0 Å². The Balaban J connectivity index is 1.65. The van der Waals surface area contributed by atoms with Crippen molar-refractivity contribution in [3.63, 3.8) is 0 Å². The molecular formula is C24H27N3O2. The topological polar surface area (TPSA) is 43.9 Å². The van der Waals surface area contributed by atoms with Crippen LogP contribution in [-0.2, 0) is 16.0 Å². The fourth-order valence-electron chi connectivity index (χ4n) is 3.96. The van der Waals surface area contributed by atoms with Crippen molar-refractivity contribution in [2.45, 2.75) is 13.3 Å². The van der Waals surface area contributed by atoms with Crippen LogP contribution in [0.15, 0.2) is 60.3 Å². The summed E-state index contributed by atoms with van der Waals surface area (Å²) in [5, 5.41) is 0. The lowest BCUT2D eigenvalue weighted by Gasteiger charge is -2.34. The molecule has 2 heterocycles. The van der Waals surface area contributed by atoms with E-state index in [-0.39, 0.29) is 11.8 Å². The van der Waals surface area contributed by atoms with Crippen LogP contribution >= 0.6 is 0 Å². The molecule has 150 valence electrons. The number of piperazine rings is 1. The van der Waals surface area contributed by atoms with Gasteiger partial charge in [0.2, 0.25) is 0 Å². The molecule has 0 radical (unpaired) electrons. The van der Waals surface area contributed by atoms with Gasteiger partial charge in [-0.25, -0.2) is 0 Å². The Bertz CT molecular complexity index is 926. The number of imide groups is 1. The summed E-state index contributed by atoms with van der Waals surface area (Å²) in [5.41, 5.74) is 4.20. The number of nitrogens with zero attached hydrogens (tertiary/aromatic N) is 3. The molecule has 2 amide bonds. The van der Waals surface area contributed by atoms with Crippen LogP contribution in [0.25, 0.3) is 5.57 Å². The summed E-state index contributed by atoms with van der Waals surface area (Å²) in [6.45, 7) is 5.70. The molecule has 0 N–H and O–H groups in total. The highest BCUT2D eigenvalue weighted by atomic mass is 16.2. The minimum atomic E-state index is -0.177. The van der Waals surface area contributed by atoms with Gasteiger partial charge in [-0.05, 0) is 31.5 Å². The molecule has 1 saturated heterocycles. The lowest BCUT2D eigenvalue weighted by atomic mass is 10.0. The third-order valence-corrected chi connectivity index (χ3v) is 5.77. The molecule has 1 fully saturated rings. The van der Waals surface area contributed by atoms with Gasteiger partial charge >= 0.3 is 0 Å². The molecule has 0 unspecified atom stereocenters. The maximum atomic E-state index is 13.4. The van der Waals surface area contributed by atoms with E-state index >= 15 is 0 Å². The second-order valence-electron chi connectivity index (χ2n) is 7.88. The molecule has 29 heavy (non-hydrogen) atoms. The van der Waals surface area contributed by atoms with Crippen LogP contribution in [0, 0.1) is 6.92 Å². The molecule has 5 heteroatoms. The van der Waals surface area contributed by atoms with Crippen molar-refractivity contribution in [1.29, 1.82) is 0 Å². The molecule has 2 aliphatic rings. The van der Waals surface area contributed by atoms with Crippen molar-refractivity contribution in [3.8, 4) is 0 Å². The number of rotatable bonds is 5. The molecular weight excluding hydrogens is 362 g/mol. The zero-order valence-electron chi connectivity index (χ0n) is 17.1. The van der Waals surface area contributed by atoms with E-state index in [1.165, 1.54) is 4.90 Å². The van der Waals surface area contributed by atoms with Crippen LogP contribution in [0.4, 0.5) is 0 Å². The molecule has 2 aromatic carbocycles. The Kier molecular flexibility index (Phi) is 5.49. The van der Waals surface area contributed by atoms with Crippen molar-refractivity contribution in [2.24, 2.45) is 0 Å². The fraction of sp³-hybridized carbons (Fsp3) is 0.333. The van der Waals surface area contributed by atoms with Crippen molar-refractivity contribution in [1.82, 2.24) is 14.7 Å². The summed E-state index contributed by atoms with van der Waals surface area (Å²) in [5.74, 6) is -0.338. The predicted octanol–water partition coefficient (Wildman–Crippen LogP) is 2.57. The molecule has 0 spiro atoms. The summed E-state index contributed by atoms with van der Waals surface area (Å²) >= 11 is 0. The number of carbonyl (C=O) groups is 2. The highest BCUT2D eigenvalue weighted by Gasteiger charge is 2.41. The number of hydrogen-bond acceptors (Lipinski definition) is 4. The molecule has 2 aliphatic heterocycles. The third-order valence-electron chi connectivity index (χ3n) is 5.77. The standard InChI is InChI=1S/C24H27N3O2/c1-18-8-10-20(11-9-18)21-22(26-16-14-25(2)15-17-26)24(29)27(23(21)28)13-12-19-6-4-3-5-7-19/h3-11H,12-17H2,1-2H3. The second-order valence-corrected chi connectivity index (χ2v) is 7.88. The van der Waals surface area contributed by atoms with E-state index in [1.54, 1.807) is 0 Å². The largest absolute Gasteiger partial charge is 0.364 e. The summed E-state index contributed by atoms with van der Waals surface area (Å²) in [7, 11) is 2.08. The number of carbonyl (C=O) groups excluding carboxylic acids is 2. The fourth-order valence-corrected chi connectivity index (χ4v) is 3.96. The van der Waals surface area contributed by atoms with Crippen molar-refractivity contribution < 1.29 is 9.59 Å². The molecule has 0 aliphatic carbocycles. The van der Waals surface area contributed by atoms with Gasteiger partial charge < -0.3 is 9.80 Å². The Morgan fingerprint density at radius 2 is 1.48 bits per heavy atom. The number of benzene rings is 2. The zero-order chi connectivity index (χ0) is 20.4. The van der Waals surface area contributed by atoms with E-state index in [0.717, 1.165) is 42.9 Å². The normalized spacial score (nSPS) is 18.1. The Morgan fingerprint density at radius 1 is 0.828 bits per heavy atom. The van der Waals surface area contributed by atoms with Crippen LogP contribution in [0.2, 0.25) is 0 Å². The van der Waals surface area contributed by atoms with Gasteiger partial charge in [-0.2, -0.15) is 0 Å². The molecule has 0 atom stereocenters. The molecule has 4 rings (SSSR count). The summed E-state index contributed by atoms with van der Waals surface area (Å²) < 4.78 is 0. The molecule has 2 aromatic rings. The number of likely N-dealkylation sites (N-methyl/N-ethyl adjacent to an activating group) is 1. The number of aryl methyl sites for hydroxylation is 1. The third kappa shape index (κ3) is 3.96. The molecule has 5 nitrogen and oxygen atoms in total. The second kappa shape index (κ2) is 8.21. The molecule has 0 saturated carbocycles. The minimum Gasteiger partial charge on any atom is -0.364 e. The van der Waals surface area contributed by atoms with E-state index in [2.05, 4.69) is 16.8 Å². The summed E-state index contributed by atoms with van der Waals surface area (Å²) in [4.78, 5) is 32.5. The summed E-state index contributed by atoms with van der Waals surface area (Å²) in [6.07, 6.45) is 0.662. The molecule has 0 aromatic heterocycles. The van der Waals surface area contributed by atoms with Crippen molar-refractivity contribution in [3.05, 3.63) is 77.0 Å². The van der Waals surface area contributed by atoms with Gasteiger partial charge in [-0.1, -0.05) is 60.2 Å². The maximum absolute atomic E-state index is 13.4. The van der Waals surface area contributed by atoms with Gasteiger partial charge in [0.25, 0.3) is 11.8 Å².